The van der Waals surface area contributed by atoms with Gasteiger partial charge in [0.15, 0.2) is 17.6 Å². The first-order valence-corrected chi connectivity index (χ1v) is 6.43. The first-order valence-electron chi connectivity index (χ1n) is 6.43. The summed E-state index contributed by atoms with van der Waals surface area (Å²) in [6, 6.07) is 3.22. The van der Waals surface area contributed by atoms with E-state index >= 15 is 0 Å². The first-order chi connectivity index (χ1) is 9.19. The van der Waals surface area contributed by atoms with Crippen molar-refractivity contribution < 1.29 is 19.1 Å². The van der Waals surface area contributed by atoms with Gasteiger partial charge in [-0.1, -0.05) is 13.8 Å². The van der Waals surface area contributed by atoms with Gasteiger partial charge in [-0.25, -0.2) is 0 Å². The standard InChI is InChI=1S/C14H17NO4/c1-3-5-18-12-7-9(8-16)6-10-13(12)19-11(4-2)14(17)15-10/h6-8,11H,3-5H2,1-2H3,(H,15,17). The summed E-state index contributed by atoms with van der Waals surface area (Å²) in [5.41, 5.74) is 0.939. The molecule has 0 bridgehead atoms. The molecule has 0 spiro atoms. The average Bonchev–Trinajstić information content (AvgIpc) is 2.43. The van der Waals surface area contributed by atoms with Crippen LogP contribution in [-0.2, 0) is 4.79 Å². The van der Waals surface area contributed by atoms with Crippen LogP contribution in [0, 0.1) is 0 Å². The van der Waals surface area contributed by atoms with Crippen LogP contribution in [0.5, 0.6) is 11.5 Å². The average molecular weight is 263 g/mol. The van der Waals surface area contributed by atoms with Crippen LogP contribution in [0.4, 0.5) is 5.69 Å². The van der Waals surface area contributed by atoms with Crippen molar-refractivity contribution in [1.29, 1.82) is 0 Å². The molecular formula is C14H17NO4. The van der Waals surface area contributed by atoms with Crippen LogP contribution in [0.15, 0.2) is 12.1 Å². The highest BCUT2D eigenvalue weighted by atomic mass is 16.5. The Kier molecular flexibility index (Phi) is 4.04. The predicted molar refractivity (Wildman–Crippen MR) is 71.0 cm³/mol. The number of aldehydes is 1. The lowest BCUT2D eigenvalue weighted by atomic mass is 10.1. The van der Waals surface area contributed by atoms with Crippen LogP contribution >= 0.6 is 0 Å². The molecule has 1 aromatic carbocycles. The van der Waals surface area contributed by atoms with Gasteiger partial charge in [0, 0.05) is 5.56 Å². The summed E-state index contributed by atoms with van der Waals surface area (Å²) in [5, 5.41) is 2.75. The molecule has 1 unspecified atom stereocenters. The highest BCUT2D eigenvalue weighted by Crippen LogP contribution is 2.40. The number of ether oxygens (including phenoxy) is 2. The van der Waals surface area contributed by atoms with E-state index in [1.54, 1.807) is 12.1 Å². The molecule has 0 radical (unpaired) electrons. The second-order valence-electron chi connectivity index (χ2n) is 4.37. The Hall–Kier alpha value is -2.04. The molecule has 0 aromatic heterocycles. The highest BCUT2D eigenvalue weighted by molar-refractivity contribution is 5.99. The molecule has 5 nitrogen and oxygen atoms in total. The lowest BCUT2D eigenvalue weighted by molar-refractivity contribution is -0.123. The van der Waals surface area contributed by atoms with E-state index in [0.29, 0.717) is 35.8 Å². The van der Waals surface area contributed by atoms with Crippen molar-refractivity contribution >= 4 is 17.9 Å². The van der Waals surface area contributed by atoms with Crippen LogP contribution in [0.2, 0.25) is 0 Å². The van der Waals surface area contributed by atoms with E-state index in [-0.39, 0.29) is 5.91 Å². The number of hydrogen-bond donors (Lipinski definition) is 1. The quantitative estimate of drug-likeness (QED) is 0.828. The third-order valence-electron chi connectivity index (χ3n) is 2.86. The SMILES string of the molecule is CCCOc1cc(C=O)cc2c1OC(CC)C(=O)N2. The van der Waals surface area contributed by atoms with E-state index in [9.17, 15) is 9.59 Å². The number of anilines is 1. The van der Waals surface area contributed by atoms with Gasteiger partial charge in [0.05, 0.1) is 12.3 Å². The zero-order valence-electron chi connectivity index (χ0n) is 11.1. The number of carbonyl (C=O) groups excluding carboxylic acids is 2. The van der Waals surface area contributed by atoms with Crippen LogP contribution < -0.4 is 14.8 Å². The summed E-state index contributed by atoms with van der Waals surface area (Å²) in [5.74, 6) is 0.810. The lowest BCUT2D eigenvalue weighted by Gasteiger charge is -2.27. The summed E-state index contributed by atoms with van der Waals surface area (Å²) < 4.78 is 11.3. The molecule has 1 heterocycles. The maximum Gasteiger partial charge on any atom is 0.265 e. The van der Waals surface area contributed by atoms with Crippen molar-refractivity contribution in [1.82, 2.24) is 0 Å². The highest BCUT2D eigenvalue weighted by Gasteiger charge is 2.29. The number of carbonyl (C=O) groups is 2. The monoisotopic (exact) mass is 263 g/mol. The van der Waals surface area contributed by atoms with Gasteiger partial charge in [0.2, 0.25) is 0 Å². The minimum absolute atomic E-state index is 0.195. The Morgan fingerprint density at radius 2 is 2.21 bits per heavy atom. The smallest absolute Gasteiger partial charge is 0.265 e. The summed E-state index contributed by atoms with van der Waals surface area (Å²) >= 11 is 0. The van der Waals surface area contributed by atoms with Crippen LogP contribution in [-0.4, -0.2) is 24.9 Å². The topological polar surface area (TPSA) is 64.6 Å². The molecule has 1 N–H and O–H groups in total. The van der Waals surface area contributed by atoms with Crippen molar-refractivity contribution in [2.75, 3.05) is 11.9 Å². The summed E-state index contributed by atoms with van der Waals surface area (Å²) in [4.78, 5) is 22.7. The maximum absolute atomic E-state index is 11.7. The van der Waals surface area contributed by atoms with Crippen molar-refractivity contribution in [2.45, 2.75) is 32.8 Å². The molecule has 2 rings (SSSR count). The Morgan fingerprint density at radius 3 is 2.84 bits per heavy atom. The molecule has 1 aliphatic rings. The van der Waals surface area contributed by atoms with Gasteiger partial charge in [0.1, 0.15) is 6.29 Å². The zero-order chi connectivity index (χ0) is 13.8. The normalized spacial score (nSPS) is 17.2. The Morgan fingerprint density at radius 1 is 1.42 bits per heavy atom. The van der Waals surface area contributed by atoms with Gasteiger partial charge in [-0.15, -0.1) is 0 Å². The Labute approximate surface area is 111 Å². The molecule has 1 aromatic rings. The van der Waals surface area contributed by atoms with Gasteiger partial charge >= 0.3 is 0 Å². The number of rotatable bonds is 5. The van der Waals surface area contributed by atoms with E-state index in [0.717, 1.165) is 12.7 Å². The second kappa shape index (κ2) is 5.73. The van der Waals surface area contributed by atoms with Crippen molar-refractivity contribution in [3.63, 3.8) is 0 Å². The minimum Gasteiger partial charge on any atom is -0.490 e. The summed E-state index contributed by atoms with van der Waals surface area (Å²) in [7, 11) is 0. The molecule has 1 amide bonds. The van der Waals surface area contributed by atoms with Crippen LogP contribution in [0.1, 0.15) is 37.0 Å². The molecule has 1 aliphatic heterocycles. The fourth-order valence-corrected chi connectivity index (χ4v) is 1.90. The second-order valence-corrected chi connectivity index (χ2v) is 4.37. The molecule has 1 atom stereocenters. The van der Waals surface area contributed by atoms with Crippen molar-refractivity contribution in [3.05, 3.63) is 17.7 Å². The minimum atomic E-state index is -0.515. The third-order valence-corrected chi connectivity index (χ3v) is 2.86. The van der Waals surface area contributed by atoms with E-state index in [1.807, 2.05) is 13.8 Å². The number of fused-ring (bicyclic) bond motifs is 1. The van der Waals surface area contributed by atoms with Crippen molar-refractivity contribution in [2.24, 2.45) is 0 Å². The molecule has 5 heteroatoms. The number of benzene rings is 1. The maximum atomic E-state index is 11.7. The van der Waals surface area contributed by atoms with E-state index < -0.39 is 6.10 Å². The van der Waals surface area contributed by atoms with E-state index in [4.69, 9.17) is 9.47 Å². The van der Waals surface area contributed by atoms with E-state index in [1.165, 1.54) is 0 Å². The van der Waals surface area contributed by atoms with Gasteiger partial charge in [-0.2, -0.15) is 0 Å². The van der Waals surface area contributed by atoms with E-state index in [2.05, 4.69) is 5.32 Å². The third kappa shape index (κ3) is 2.70. The van der Waals surface area contributed by atoms with Crippen LogP contribution in [0.25, 0.3) is 0 Å². The zero-order valence-corrected chi connectivity index (χ0v) is 11.1. The summed E-state index contributed by atoms with van der Waals surface area (Å²) in [6.07, 6.45) is 1.63. The number of hydrogen-bond acceptors (Lipinski definition) is 4. The molecular weight excluding hydrogens is 246 g/mol. The Balaban J connectivity index is 2.40. The summed E-state index contributed by atoms with van der Waals surface area (Å²) in [6.45, 7) is 4.40. The number of amides is 1. The van der Waals surface area contributed by atoms with Gasteiger partial charge < -0.3 is 14.8 Å². The molecule has 0 aliphatic carbocycles. The van der Waals surface area contributed by atoms with Gasteiger partial charge in [-0.05, 0) is 25.0 Å². The molecule has 19 heavy (non-hydrogen) atoms. The molecule has 0 fully saturated rings. The van der Waals surface area contributed by atoms with Crippen LogP contribution in [0.3, 0.4) is 0 Å². The molecule has 0 saturated heterocycles. The van der Waals surface area contributed by atoms with Crippen molar-refractivity contribution in [3.8, 4) is 11.5 Å². The first kappa shape index (κ1) is 13.4. The molecule has 102 valence electrons. The fraction of sp³-hybridized carbons (Fsp3) is 0.429. The largest absolute Gasteiger partial charge is 0.490 e. The predicted octanol–water partition coefficient (Wildman–Crippen LogP) is 2.40. The number of nitrogens with one attached hydrogen (secondary N) is 1. The lowest BCUT2D eigenvalue weighted by Crippen LogP contribution is -2.36. The fourth-order valence-electron chi connectivity index (χ4n) is 1.90. The Bertz CT molecular complexity index is 498. The van der Waals surface area contributed by atoms with Gasteiger partial charge in [0.25, 0.3) is 5.91 Å². The van der Waals surface area contributed by atoms with Gasteiger partial charge in [-0.3, -0.25) is 9.59 Å². The molecule has 0 saturated carbocycles.